The molecular formula is C35H42N4O6. The van der Waals surface area contributed by atoms with Crippen LogP contribution >= 0.6 is 0 Å². The lowest BCUT2D eigenvalue weighted by atomic mass is 10.0. The standard InChI is InChI=1S/C35H42N4O6/c1-5-43-34(44-6-2)25(4)39(22-29-18-12-16-27-14-8-10-20-31(27)29)33(41)24(3)37-32(40)23-45-38-35(42)36-21-28-17-11-15-26-13-7-9-19-30(26)28/h7-20,24-25,34H,5-6,21-23H2,1-4H3,(H,37,40)(H2,36,38,42). The number of benzene rings is 4. The summed E-state index contributed by atoms with van der Waals surface area (Å²) < 4.78 is 11.7. The fraction of sp³-hybridized carbons (Fsp3) is 0.343. The lowest BCUT2D eigenvalue weighted by Gasteiger charge is -2.36. The highest BCUT2D eigenvalue weighted by Gasteiger charge is 2.32. The van der Waals surface area contributed by atoms with E-state index in [1.54, 1.807) is 11.8 Å². The summed E-state index contributed by atoms with van der Waals surface area (Å²) in [5.74, 6) is -0.872. The van der Waals surface area contributed by atoms with Crippen molar-refractivity contribution in [2.24, 2.45) is 0 Å². The quantitative estimate of drug-likeness (QED) is 0.128. The molecule has 0 saturated carbocycles. The minimum absolute atomic E-state index is 0.281. The highest BCUT2D eigenvalue weighted by atomic mass is 16.7. The molecular weight excluding hydrogens is 572 g/mol. The van der Waals surface area contributed by atoms with Crippen LogP contribution in [0.2, 0.25) is 0 Å². The first-order valence-corrected chi connectivity index (χ1v) is 15.2. The molecule has 0 fully saturated rings. The van der Waals surface area contributed by atoms with Crippen LogP contribution < -0.4 is 16.1 Å². The van der Waals surface area contributed by atoms with Gasteiger partial charge in [-0.15, -0.1) is 0 Å². The van der Waals surface area contributed by atoms with E-state index in [-0.39, 0.29) is 19.0 Å². The van der Waals surface area contributed by atoms with Crippen LogP contribution in [0.1, 0.15) is 38.8 Å². The lowest BCUT2D eigenvalue weighted by molar-refractivity contribution is -0.179. The smallest absolute Gasteiger partial charge is 0.338 e. The summed E-state index contributed by atoms with van der Waals surface area (Å²) in [6, 6.07) is 25.8. The van der Waals surface area contributed by atoms with Gasteiger partial charge in [-0.1, -0.05) is 84.9 Å². The van der Waals surface area contributed by atoms with E-state index >= 15 is 0 Å². The minimum atomic E-state index is -0.886. The minimum Gasteiger partial charge on any atom is -0.351 e. The molecule has 2 atom stereocenters. The van der Waals surface area contributed by atoms with Crippen molar-refractivity contribution in [3.63, 3.8) is 0 Å². The van der Waals surface area contributed by atoms with E-state index in [9.17, 15) is 14.4 Å². The van der Waals surface area contributed by atoms with E-state index in [1.165, 1.54) is 0 Å². The van der Waals surface area contributed by atoms with E-state index in [0.29, 0.717) is 13.2 Å². The number of hydrogen-bond donors (Lipinski definition) is 3. The van der Waals surface area contributed by atoms with Crippen LogP contribution in [0.4, 0.5) is 4.79 Å². The van der Waals surface area contributed by atoms with E-state index in [0.717, 1.165) is 32.7 Å². The molecule has 0 heterocycles. The maximum atomic E-state index is 13.8. The Bertz CT molecular complexity index is 1580. The first-order valence-electron chi connectivity index (χ1n) is 15.2. The van der Waals surface area contributed by atoms with E-state index in [4.69, 9.17) is 14.3 Å². The topological polar surface area (TPSA) is 118 Å². The number of nitrogens with zero attached hydrogens (tertiary/aromatic N) is 1. The van der Waals surface area contributed by atoms with Crippen molar-refractivity contribution >= 4 is 39.4 Å². The van der Waals surface area contributed by atoms with Crippen molar-refractivity contribution in [3.05, 3.63) is 96.1 Å². The Hall–Kier alpha value is -4.51. The average molecular weight is 615 g/mol. The Balaban J connectivity index is 1.35. The van der Waals surface area contributed by atoms with Crippen LogP contribution in [0.15, 0.2) is 84.9 Å². The second kappa shape index (κ2) is 16.5. The van der Waals surface area contributed by atoms with Gasteiger partial charge >= 0.3 is 6.03 Å². The second-order valence-corrected chi connectivity index (χ2v) is 10.6. The van der Waals surface area contributed by atoms with Crippen molar-refractivity contribution in [1.29, 1.82) is 0 Å². The Labute approximate surface area is 264 Å². The molecule has 4 aromatic carbocycles. The molecule has 0 bridgehead atoms. The number of nitrogens with one attached hydrogen (secondary N) is 3. The van der Waals surface area contributed by atoms with Gasteiger partial charge < -0.3 is 25.0 Å². The summed E-state index contributed by atoms with van der Waals surface area (Å²) in [7, 11) is 0. The highest BCUT2D eigenvalue weighted by molar-refractivity contribution is 5.89. The van der Waals surface area contributed by atoms with Crippen molar-refractivity contribution in [1.82, 2.24) is 21.0 Å². The number of rotatable bonds is 15. The normalized spacial score (nSPS) is 12.6. The van der Waals surface area contributed by atoms with Gasteiger partial charge in [0.15, 0.2) is 12.9 Å². The van der Waals surface area contributed by atoms with E-state index in [2.05, 4.69) is 16.1 Å². The van der Waals surface area contributed by atoms with E-state index in [1.807, 2.05) is 106 Å². The van der Waals surface area contributed by atoms with Gasteiger partial charge in [0.25, 0.3) is 0 Å². The summed E-state index contributed by atoms with van der Waals surface area (Å²) in [5, 5.41) is 9.62. The Morgan fingerprint density at radius 1 is 0.756 bits per heavy atom. The number of carbonyl (C=O) groups is 3. The van der Waals surface area contributed by atoms with Crippen molar-refractivity contribution in [2.75, 3.05) is 19.8 Å². The predicted molar refractivity (Wildman–Crippen MR) is 174 cm³/mol. The van der Waals surface area contributed by atoms with Gasteiger partial charge in [0.05, 0.1) is 6.04 Å². The summed E-state index contributed by atoms with van der Waals surface area (Å²) in [4.78, 5) is 45.7. The molecule has 3 N–H and O–H groups in total. The van der Waals surface area contributed by atoms with Crippen LogP contribution in [0, 0.1) is 0 Å². The van der Waals surface area contributed by atoms with Crippen LogP contribution in [-0.2, 0) is 37.0 Å². The van der Waals surface area contributed by atoms with Crippen LogP contribution in [0.25, 0.3) is 21.5 Å². The van der Waals surface area contributed by atoms with Gasteiger partial charge in [0, 0.05) is 26.3 Å². The number of fused-ring (bicyclic) bond motifs is 2. The van der Waals surface area contributed by atoms with Crippen LogP contribution in [-0.4, -0.2) is 60.9 Å². The molecule has 0 aromatic heterocycles. The van der Waals surface area contributed by atoms with Gasteiger partial charge in [-0.05, 0) is 60.4 Å². The fourth-order valence-electron chi connectivity index (χ4n) is 5.26. The van der Waals surface area contributed by atoms with Crippen LogP contribution in [0.5, 0.6) is 0 Å². The Kier molecular flexibility index (Phi) is 12.3. The number of hydroxylamine groups is 1. The van der Waals surface area contributed by atoms with Crippen molar-refractivity contribution in [3.8, 4) is 0 Å². The average Bonchev–Trinajstić information content (AvgIpc) is 3.05. The molecule has 0 aliphatic heterocycles. The molecule has 10 heteroatoms. The molecule has 45 heavy (non-hydrogen) atoms. The molecule has 4 rings (SSSR count). The third-order valence-electron chi connectivity index (χ3n) is 7.49. The zero-order valence-corrected chi connectivity index (χ0v) is 26.2. The van der Waals surface area contributed by atoms with Gasteiger partial charge in [0.2, 0.25) is 11.8 Å². The maximum Gasteiger partial charge on any atom is 0.338 e. The SMILES string of the molecule is CCOC(OCC)C(C)N(Cc1cccc2ccccc12)C(=O)C(C)NC(=O)CONC(=O)NCc1cccc2ccccc12. The third-order valence-corrected chi connectivity index (χ3v) is 7.49. The summed E-state index contributed by atoms with van der Waals surface area (Å²) >= 11 is 0. The van der Waals surface area contributed by atoms with Gasteiger partial charge in [0.1, 0.15) is 6.04 Å². The Morgan fingerprint density at radius 3 is 1.93 bits per heavy atom. The third kappa shape index (κ3) is 9.01. The first-order chi connectivity index (χ1) is 21.8. The van der Waals surface area contributed by atoms with Crippen molar-refractivity contribution in [2.45, 2.75) is 59.2 Å². The molecule has 0 radical (unpaired) electrons. The lowest BCUT2D eigenvalue weighted by Crippen LogP contribution is -2.54. The Morgan fingerprint density at radius 2 is 1.31 bits per heavy atom. The fourth-order valence-corrected chi connectivity index (χ4v) is 5.26. The largest absolute Gasteiger partial charge is 0.351 e. The number of hydrogen-bond acceptors (Lipinski definition) is 6. The zero-order valence-electron chi connectivity index (χ0n) is 26.2. The molecule has 4 amide bonds. The number of amides is 4. The number of ether oxygens (including phenoxy) is 2. The highest BCUT2D eigenvalue weighted by Crippen LogP contribution is 2.23. The predicted octanol–water partition coefficient (Wildman–Crippen LogP) is 5.04. The zero-order chi connectivity index (χ0) is 32.2. The van der Waals surface area contributed by atoms with E-state index < -0.39 is 36.9 Å². The number of carbonyl (C=O) groups excluding carboxylic acids is 3. The van der Waals surface area contributed by atoms with Gasteiger partial charge in [-0.3, -0.25) is 14.4 Å². The molecule has 0 spiro atoms. The molecule has 10 nitrogen and oxygen atoms in total. The molecule has 2 unspecified atom stereocenters. The second-order valence-electron chi connectivity index (χ2n) is 10.6. The molecule has 0 aliphatic rings. The van der Waals surface area contributed by atoms with Gasteiger partial charge in [-0.2, -0.15) is 0 Å². The molecule has 0 aliphatic carbocycles. The monoisotopic (exact) mass is 614 g/mol. The summed E-state index contributed by atoms with van der Waals surface area (Å²) in [6.07, 6.45) is -0.651. The maximum absolute atomic E-state index is 13.8. The molecule has 0 saturated heterocycles. The molecule has 4 aromatic rings. The first kappa shape index (κ1) is 33.4. The summed E-state index contributed by atoms with van der Waals surface area (Å²) in [6.45, 7) is 8.15. The summed E-state index contributed by atoms with van der Waals surface area (Å²) in [5.41, 5.74) is 4.14. The number of urea groups is 1. The molecule has 238 valence electrons. The van der Waals surface area contributed by atoms with Gasteiger partial charge in [-0.25, -0.2) is 10.3 Å². The van der Waals surface area contributed by atoms with Crippen LogP contribution in [0.3, 0.4) is 0 Å². The van der Waals surface area contributed by atoms with Crippen molar-refractivity contribution < 1.29 is 28.7 Å².